The molecule has 2 atom stereocenters. The van der Waals surface area contributed by atoms with E-state index in [1.54, 1.807) is 0 Å². The maximum Gasteiger partial charge on any atom is 0.235 e. The van der Waals surface area contributed by atoms with Gasteiger partial charge in [0, 0.05) is 12.6 Å². The predicted octanol–water partition coefficient (Wildman–Crippen LogP) is -0.705. The molecule has 3 N–H and O–H groups in total. The van der Waals surface area contributed by atoms with Crippen LogP contribution in [0.25, 0.3) is 0 Å². The molecule has 0 aliphatic carbocycles. The second-order valence-electron chi connectivity index (χ2n) is 4.10. The van der Waals surface area contributed by atoms with Crippen LogP contribution in [0.2, 0.25) is 0 Å². The van der Waals surface area contributed by atoms with Gasteiger partial charge in [0.2, 0.25) is 5.91 Å². The van der Waals surface area contributed by atoms with Gasteiger partial charge in [-0.3, -0.25) is 9.69 Å². The van der Waals surface area contributed by atoms with E-state index in [0.29, 0.717) is 12.5 Å². The number of carbonyl (C=O) groups is 1. The largest absolute Gasteiger partial charge is 0.342 e. The maximum absolute atomic E-state index is 11.3. The van der Waals surface area contributed by atoms with Crippen LogP contribution in [-0.4, -0.2) is 43.0 Å². The Labute approximate surface area is 90.2 Å². The van der Waals surface area contributed by atoms with E-state index in [2.05, 4.69) is 12.2 Å². The number of rotatable bonds is 3. The molecule has 1 heterocycles. The molecule has 1 amide bonds. The third-order valence-electron chi connectivity index (χ3n) is 2.83. The molecule has 5 heteroatoms. The van der Waals surface area contributed by atoms with Gasteiger partial charge >= 0.3 is 0 Å². The zero-order valence-electron chi connectivity index (χ0n) is 9.07. The van der Waals surface area contributed by atoms with Crippen molar-refractivity contribution in [1.29, 1.82) is 5.26 Å². The minimum absolute atomic E-state index is 0.0785. The van der Waals surface area contributed by atoms with E-state index < -0.39 is 0 Å². The smallest absolute Gasteiger partial charge is 0.235 e. The zero-order chi connectivity index (χ0) is 11.3. The van der Waals surface area contributed by atoms with Gasteiger partial charge < -0.3 is 11.1 Å². The Hall–Kier alpha value is -1.12. The highest BCUT2D eigenvalue weighted by Crippen LogP contribution is 2.14. The maximum atomic E-state index is 11.3. The predicted molar refractivity (Wildman–Crippen MR) is 56.8 cm³/mol. The number of nitrogens with one attached hydrogen (secondary N) is 1. The first-order valence-corrected chi connectivity index (χ1v) is 5.25. The first-order chi connectivity index (χ1) is 7.13. The average Bonchev–Trinajstić information content (AvgIpc) is 2.20. The molecule has 0 bridgehead atoms. The minimum Gasteiger partial charge on any atom is -0.342 e. The van der Waals surface area contributed by atoms with E-state index >= 15 is 0 Å². The van der Waals surface area contributed by atoms with Crippen molar-refractivity contribution in [2.24, 2.45) is 11.7 Å². The molecule has 1 rings (SSSR count). The molecule has 5 nitrogen and oxygen atoms in total. The lowest BCUT2D eigenvalue weighted by Crippen LogP contribution is -2.50. The highest BCUT2D eigenvalue weighted by molar-refractivity contribution is 5.78. The SMILES string of the molecule is CC1CCN(CC(=O)NCC#N)CC1N. The highest BCUT2D eigenvalue weighted by atomic mass is 16.2. The lowest BCUT2D eigenvalue weighted by atomic mass is 9.94. The van der Waals surface area contributed by atoms with E-state index in [1.165, 1.54) is 0 Å². The number of nitrogens with two attached hydrogens (primary N) is 1. The molecule has 0 aromatic rings. The fourth-order valence-corrected chi connectivity index (χ4v) is 1.71. The quantitative estimate of drug-likeness (QED) is 0.603. The normalized spacial score (nSPS) is 27.0. The lowest BCUT2D eigenvalue weighted by Gasteiger charge is -2.34. The van der Waals surface area contributed by atoms with Gasteiger partial charge in [-0.2, -0.15) is 5.26 Å². The van der Waals surface area contributed by atoms with E-state index in [-0.39, 0.29) is 18.5 Å². The summed E-state index contributed by atoms with van der Waals surface area (Å²) in [6, 6.07) is 2.03. The number of piperidine rings is 1. The summed E-state index contributed by atoms with van der Waals surface area (Å²) in [5.74, 6) is 0.432. The lowest BCUT2D eigenvalue weighted by molar-refractivity contribution is -0.122. The Kier molecular flexibility index (Phi) is 4.53. The van der Waals surface area contributed by atoms with Crippen molar-refractivity contribution < 1.29 is 4.79 Å². The topological polar surface area (TPSA) is 82.2 Å². The number of hydrogen-bond donors (Lipinski definition) is 2. The van der Waals surface area contributed by atoms with Gasteiger partial charge in [-0.1, -0.05) is 6.92 Å². The molecule has 0 saturated carbocycles. The molecule has 0 aromatic carbocycles. The second kappa shape index (κ2) is 5.69. The molecular formula is C10H18N4O. The third-order valence-corrected chi connectivity index (χ3v) is 2.83. The van der Waals surface area contributed by atoms with Crippen LogP contribution < -0.4 is 11.1 Å². The number of carbonyl (C=O) groups excluding carboxylic acids is 1. The van der Waals surface area contributed by atoms with Crippen molar-refractivity contribution in [3.63, 3.8) is 0 Å². The molecule has 1 aliphatic heterocycles. The highest BCUT2D eigenvalue weighted by Gasteiger charge is 2.23. The summed E-state index contributed by atoms with van der Waals surface area (Å²) < 4.78 is 0. The van der Waals surface area contributed by atoms with Crippen molar-refractivity contribution in [3.05, 3.63) is 0 Å². The van der Waals surface area contributed by atoms with Gasteiger partial charge in [0.15, 0.2) is 0 Å². The summed E-state index contributed by atoms with van der Waals surface area (Å²) in [6.45, 7) is 4.24. The van der Waals surface area contributed by atoms with Crippen LogP contribution in [-0.2, 0) is 4.79 Å². The van der Waals surface area contributed by atoms with Crippen molar-refractivity contribution >= 4 is 5.91 Å². The Balaban J connectivity index is 2.28. The molecular weight excluding hydrogens is 192 g/mol. The van der Waals surface area contributed by atoms with Crippen LogP contribution in [0.3, 0.4) is 0 Å². The van der Waals surface area contributed by atoms with Crippen LogP contribution in [0, 0.1) is 17.2 Å². The van der Waals surface area contributed by atoms with Gasteiger partial charge in [-0.05, 0) is 18.9 Å². The van der Waals surface area contributed by atoms with E-state index in [1.807, 2.05) is 11.0 Å². The van der Waals surface area contributed by atoms with Gasteiger partial charge in [-0.25, -0.2) is 0 Å². The number of nitrogens with zero attached hydrogens (tertiary/aromatic N) is 2. The van der Waals surface area contributed by atoms with Crippen LogP contribution in [0.4, 0.5) is 0 Å². The van der Waals surface area contributed by atoms with Crippen LogP contribution in [0.1, 0.15) is 13.3 Å². The molecule has 0 aromatic heterocycles. The van der Waals surface area contributed by atoms with Crippen molar-refractivity contribution in [2.45, 2.75) is 19.4 Å². The fraction of sp³-hybridized carbons (Fsp3) is 0.800. The molecule has 84 valence electrons. The first-order valence-electron chi connectivity index (χ1n) is 5.25. The molecule has 1 aliphatic rings. The summed E-state index contributed by atoms with van der Waals surface area (Å²) in [5, 5.41) is 10.8. The standard InChI is InChI=1S/C10H18N4O/c1-8-2-5-14(6-9(8)12)7-10(15)13-4-3-11/h8-9H,2,4-7,12H2,1H3,(H,13,15). The summed E-state index contributed by atoms with van der Waals surface area (Å²) >= 11 is 0. The zero-order valence-corrected chi connectivity index (χ0v) is 9.07. The Bertz CT molecular complexity index is 261. The molecule has 1 fully saturated rings. The van der Waals surface area contributed by atoms with Crippen molar-refractivity contribution in [2.75, 3.05) is 26.2 Å². The number of nitriles is 1. The van der Waals surface area contributed by atoms with E-state index in [4.69, 9.17) is 11.0 Å². The van der Waals surface area contributed by atoms with Gasteiger partial charge in [0.25, 0.3) is 0 Å². The van der Waals surface area contributed by atoms with Gasteiger partial charge in [0.05, 0.1) is 12.6 Å². The number of amides is 1. The second-order valence-corrected chi connectivity index (χ2v) is 4.10. The number of hydrogen-bond acceptors (Lipinski definition) is 4. The fourth-order valence-electron chi connectivity index (χ4n) is 1.71. The van der Waals surface area contributed by atoms with Crippen LogP contribution >= 0.6 is 0 Å². The molecule has 2 unspecified atom stereocenters. The van der Waals surface area contributed by atoms with Crippen molar-refractivity contribution in [3.8, 4) is 6.07 Å². The Morgan fingerprint density at radius 2 is 2.47 bits per heavy atom. The Morgan fingerprint density at radius 1 is 1.73 bits per heavy atom. The Morgan fingerprint density at radius 3 is 3.07 bits per heavy atom. The van der Waals surface area contributed by atoms with Gasteiger partial charge in [-0.15, -0.1) is 0 Å². The van der Waals surface area contributed by atoms with Crippen LogP contribution in [0.15, 0.2) is 0 Å². The van der Waals surface area contributed by atoms with E-state index in [9.17, 15) is 4.79 Å². The molecule has 15 heavy (non-hydrogen) atoms. The first kappa shape index (κ1) is 12.0. The summed E-state index contributed by atoms with van der Waals surface area (Å²) in [4.78, 5) is 13.4. The monoisotopic (exact) mass is 210 g/mol. The summed E-state index contributed by atoms with van der Waals surface area (Å²) in [5.41, 5.74) is 5.92. The number of likely N-dealkylation sites (tertiary alicyclic amines) is 1. The van der Waals surface area contributed by atoms with Crippen LogP contribution in [0.5, 0.6) is 0 Å². The van der Waals surface area contributed by atoms with Crippen molar-refractivity contribution in [1.82, 2.24) is 10.2 Å². The molecule has 0 spiro atoms. The van der Waals surface area contributed by atoms with E-state index in [0.717, 1.165) is 19.5 Å². The minimum atomic E-state index is -0.0988. The average molecular weight is 210 g/mol. The summed E-state index contributed by atoms with van der Waals surface area (Å²) in [6.07, 6.45) is 1.03. The molecule has 0 radical (unpaired) electrons. The van der Waals surface area contributed by atoms with Gasteiger partial charge in [0.1, 0.15) is 6.54 Å². The third kappa shape index (κ3) is 3.86. The summed E-state index contributed by atoms with van der Waals surface area (Å²) in [7, 11) is 0. The molecule has 1 saturated heterocycles.